The van der Waals surface area contributed by atoms with E-state index in [2.05, 4.69) is 0 Å². The SMILES string of the molecule is COCCOc1ccccc1C(O)c1c(C)cccc1C. The highest BCUT2D eigenvalue weighted by molar-refractivity contribution is 5.45. The number of benzene rings is 2. The highest BCUT2D eigenvalue weighted by Crippen LogP contribution is 2.33. The Kier molecular flexibility index (Phi) is 5.37. The van der Waals surface area contributed by atoms with E-state index < -0.39 is 6.10 Å². The minimum Gasteiger partial charge on any atom is -0.491 e. The van der Waals surface area contributed by atoms with Crippen LogP contribution in [0, 0.1) is 13.8 Å². The second-order valence-corrected chi connectivity index (χ2v) is 5.09. The molecular weight excluding hydrogens is 264 g/mol. The van der Waals surface area contributed by atoms with Crippen LogP contribution >= 0.6 is 0 Å². The summed E-state index contributed by atoms with van der Waals surface area (Å²) in [4.78, 5) is 0. The molecule has 2 aromatic rings. The summed E-state index contributed by atoms with van der Waals surface area (Å²) in [5.41, 5.74) is 3.88. The number of para-hydroxylation sites is 1. The molecule has 0 fully saturated rings. The van der Waals surface area contributed by atoms with Gasteiger partial charge in [-0.25, -0.2) is 0 Å². The van der Waals surface area contributed by atoms with Gasteiger partial charge in [-0.2, -0.15) is 0 Å². The van der Waals surface area contributed by atoms with Gasteiger partial charge in [0.15, 0.2) is 0 Å². The third-order valence-corrected chi connectivity index (χ3v) is 3.57. The fourth-order valence-electron chi connectivity index (χ4n) is 2.49. The molecule has 0 bridgehead atoms. The quantitative estimate of drug-likeness (QED) is 0.827. The first-order valence-electron chi connectivity index (χ1n) is 7.10. The number of aliphatic hydroxyl groups is 1. The fraction of sp³-hybridized carbons (Fsp3) is 0.333. The van der Waals surface area contributed by atoms with Crippen LogP contribution in [0.5, 0.6) is 5.75 Å². The van der Waals surface area contributed by atoms with E-state index in [9.17, 15) is 5.11 Å². The van der Waals surface area contributed by atoms with Gasteiger partial charge in [0.2, 0.25) is 0 Å². The first-order valence-corrected chi connectivity index (χ1v) is 7.10. The second-order valence-electron chi connectivity index (χ2n) is 5.09. The van der Waals surface area contributed by atoms with Crippen LogP contribution in [-0.2, 0) is 4.74 Å². The average Bonchev–Trinajstić information content (AvgIpc) is 2.47. The van der Waals surface area contributed by atoms with E-state index in [1.807, 2.05) is 56.3 Å². The monoisotopic (exact) mass is 286 g/mol. The van der Waals surface area contributed by atoms with Gasteiger partial charge in [0.05, 0.1) is 6.61 Å². The normalized spacial score (nSPS) is 12.2. The lowest BCUT2D eigenvalue weighted by Crippen LogP contribution is -2.10. The Morgan fingerprint density at radius 3 is 2.29 bits per heavy atom. The van der Waals surface area contributed by atoms with Crippen molar-refractivity contribution < 1.29 is 14.6 Å². The van der Waals surface area contributed by atoms with Crippen LogP contribution in [0.25, 0.3) is 0 Å². The van der Waals surface area contributed by atoms with Crippen molar-refractivity contribution in [3.05, 3.63) is 64.7 Å². The Labute approximate surface area is 126 Å². The summed E-state index contributed by atoms with van der Waals surface area (Å²) in [6.07, 6.45) is -0.690. The Hall–Kier alpha value is -1.84. The van der Waals surface area contributed by atoms with Crippen LogP contribution in [-0.4, -0.2) is 25.4 Å². The van der Waals surface area contributed by atoms with Crippen molar-refractivity contribution in [2.24, 2.45) is 0 Å². The van der Waals surface area contributed by atoms with Gasteiger partial charge in [-0.1, -0.05) is 36.4 Å². The Morgan fingerprint density at radius 1 is 0.952 bits per heavy atom. The van der Waals surface area contributed by atoms with E-state index in [-0.39, 0.29) is 0 Å². The van der Waals surface area contributed by atoms with Crippen LogP contribution in [0.15, 0.2) is 42.5 Å². The maximum atomic E-state index is 10.8. The fourth-order valence-corrected chi connectivity index (χ4v) is 2.49. The zero-order valence-electron chi connectivity index (χ0n) is 12.8. The molecule has 0 amide bonds. The Balaban J connectivity index is 2.32. The zero-order valence-corrected chi connectivity index (χ0v) is 12.8. The Bertz CT molecular complexity index is 573. The molecule has 112 valence electrons. The van der Waals surface area contributed by atoms with Crippen molar-refractivity contribution in [3.63, 3.8) is 0 Å². The number of rotatable bonds is 6. The highest BCUT2D eigenvalue weighted by atomic mass is 16.5. The van der Waals surface area contributed by atoms with Crippen LogP contribution in [0.4, 0.5) is 0 Å². The van der Waals surface area contributed by atoms with E-state index >= 15 is 0 Å². The van der Waals surface area contributed by atoms with Gasteiger partial charge < -0.3 is 14.6 Å². The summed E-state index contributed by atoms with van der Waals surface area (Å²) in [6.45, 7) is 5.01. The molecule has 2 rings (SSSR count). The lowest BCUT2D eigenvalue weighted by Gasteiger charge is -2.20. The molecule has 0 saturated carbocycles. The molecule has 0 aliphatic heterocycles. The number of aryl methyl sites for hydroxylation is 2. The van der Waals surface area contributed by atoms with Crippen LogP contribution in [0.3, 0.4) is 0 Å². The molecule has 0 aromatic heterocycles. The summed E-state index contributed by atoms with van der Waals surface area (Å²) < 4.78 is 10.7. The molecule has 1 unspecified atom stereocenters. The average molecular weight is 286 g/mol. The van der Waals surface area contributed by atoms with E-state index in [1.165, 1.54) is 0 Å². The smallest absolute Gasteiger partial charge is 0.125 e. The summed E-state index contributed by atoms with van der Waals surface area (Å²) in [5.74, 6) is 0.699. The van der Waals surface area contributed by atoms with Crippen molar-refractivity contribution in [3.8, 4) is 5.75 Å². The minimum atomic E-state index is -0.690. The lowest BCUT2D eigenvalue weighted by atomic mass is 9.93. The summed E-state index contributed by atoms with van der Waals surface area (Å²) >= 11 is 0. The topological polar surface area (TPSA) is 38.7 Å². The maximum Gasteiger partial charge on any atom is 0.125 e. The third kappa shape index (κ3) is 3.63. The van der Waals surface area contributed by atoms with E-state index in [0.717, 1.165) is 22.3 Å². The van der Waals surface area contributed by atoms with E-state index in [1.54, 1.807) is 7.11 Å². The molecule has 2 aromatic carbocycles. The van der Waals surface area contributed by atoms with Crippen molar-refractivity contribution in [1.29, 1.82) is 0 Å². The van der Waals surface area contributed by atoms with Gasteiger partial charge in [0.25, 0.3) is 0 Å². The van der Waals surface area contributed by atoms with Gasteiger partial charge in [-0.15, -0.1) is 0 Å². The number of ether oxygens (including phenoxy) is 2. The first kappa shape index (κ1) is 15.5. The first-order chi connectivity index (χ1) is 10.1. The van der Waals surface area contributed by atoms with Crippen LogP contribution < -0.4 is 4.74 Å². The third-order valence-electron chi connectivity index (χ3n) is 3.57. The molecule has 1 N–H and O–H groups in total. The minimum absolute atomic E-state index is 0.465. The number of hydrogen-bond donors (Lipinski definition) is 1. The molecule has 21 heavy (non-hydrogen) atoms. The van der Waals surface area contributed by atoms with Crippen molar-refractivity contribution >= 4 is 0 Å². The summed E-state index contributed by atoms with van der Waals surface area (Å²) in [5, 5.41) is 10.8. The van der Waals surface area contributed by atoms with Gasteiger partial charge >= 0.3 is 0 Å². The second kappa shape index (κ2) is 7.25. The molecular formula is C18H22O3. The molecule has 0 spiro atoms. The van der Waals surface area contributed by atoms with Gasteiger partial charge in [0.1, 0.15) is 18.5 Å². The number of hydrogen-bond acceptors (Lipinski definition) is 3. The largest absolute Gasteiger partial charge is 0.491 e. The lowest BCUT2D eigenvalue weighted by molar-refractivity contribution is 0.142. The van der Waals surface area contributed by atoms with Gasteiger partial charge in [0, 0.05) is 12.7 Å². The predicted molar refractivity (Wildman–Crippen MR) is 83.8 cm³/mol. The Morgan fingerprint density at radius 2 is 1.62 bits per heavy atom. The van der Waals surface area contributed by atoms with Gasteiger partial charge in [-0.05, 0) is 36.6 Å². The molecule has 1 atom stereocenters. The summed E-state index contributed by atoms with van der Waals surface area (Å²) in [7, 11) is 1.64. The molecule has 0 saturated heterocycles. The van der Waals surface area contributed by atoms with E-state index in [0.29, 0.717) is 19.0 Å². The zero-order chi connectivity index (χ0) is 15.2. The maximum absolute atomic E-state index is 10.8. The molecule has 3 heteroatoms. The number of aliphatic hydroxyl groups excluding tert-OH is 1. The molecule has 0 aliphatic carbocycles. The van der Waals surface area contributed by atoms with Gasteiger partial charge in [-0.3, -0.25) is 0 Å². The molecule has 0 aliphatic rings. The molecule has 0 radical (unpaired) electrons. The van der Waals surface area contributed by atoms with Crippen molar-refractivity contribution in [1.82, 2.24) is 0 Å². The van der Waals surface area contributed by atoms with Crippen molar-refractivity contribution in [2.45, 2.75) is 20.0 Å². The van der Waals surface area contributed by atoms with E-state index in [4.69, 9.17) is 9.47 Å². The van der Waals surface area contributed by atoms with Crippen LogP contribution in [0.1, 0.15) is 28.4 Å². The van der Waals surface area contributed by atoms with Crippen molar-refractivity contribution in [2.75, 3.05) is 20.3 Å². The highest BCUT2D eigenvalue weighted by Gasteiger charge is 2.18. The molecule has 0 heterocycles. The standard InChI is InChI=1S/C18H22O3/c1-13-7-6-8-14(2)17(13)18(19)15-9-4-5-10-16(15)21-12-11-20-3/h4-10,18-19H,11-12H2,1-3H3. The van der Waals surface area contributed by atoms with Crippen LogP contribution in [0.2, 0.25) is 0 Å². The number of methoxy groups -OCH3 is 1. The molecule has 3 nitrogen and oxygen atoms in total. The summed E-state index contributed by atoms with van der Waals surface area (Å²) in [6, 6.07) is 13.6. The predicted octanol–water partition coefficient (Wildman–Crippen LogP) is 3.41.